The van der Waals surface area contributed by atoms with Crippen LogP contribution in [-0.4, -0.2) is 38.9 Å². The second-order valence-corrected chi connectivity index (χ2v) is 7.42. The molecule has 1 aliphatic rings. The van der Waals surface area contributed by atoms with Crippen LogP contribution < -0.4 is 16.3 Å². The van der Waals surface area contributed by atoms with Gasteiger partial charge in [-0.1, -0.05) is 0 Å². The second kappa shape index (κ2) is 8.28. The van der Waals surface area contributed by atoms with Crippen molar-refractivity contribution in [2.24, 2.45) is 4.99 Å². The van der Waals surface area contributed by atoms with E-state index in [1.165, 1.54) is 4.88 Å². The van der Waals surface area contributed by atoms with Crippen LogP contribution in [0.3, 0.4) is 0 Å². The molecule has 0 amide bonds. The van der Waals surface area contributed by atoms with Gasteiger partial charge in [-0.3, -0.25) is 9.56 Å². The SMILES string of the molecule is CN=C(NCCCn1nc2n(c1=O)CCCC2)NCc1ncc(C)s1. The molecule has 0 atom stereocenters. The molecule has 0 aliphatic carbocycles. The standard InChI is InChI=1S/C16H25N7OS/c1-12-10-19-14(25-12)11-20-15(17-2)18-7-5-9-23-16(24)22-8-4-3-6-13(22)21-23/h10H,3-9,11H2,1-2H3,(H2,17,18,20). The van der Waals surface area contributed by atoms with Crippen LogP contribution in [0.25, 0.3) is 0 Å². The smallest absolute Gasteiger partial charge is 0.345 e. The maximum Gasteiger partial charge on any atom is 0.345 e. The third-order valence-corrected chi connectivity index (χ3v) is 5.08. The Hall–Kier alpha value is -2.16. The highest BCUT2D eigenvalue weighted by atomic mass is 32.1. The number of nitrogens with one attached hydrogen (secondary N) is 2. The maximum atomic E-state index is 12.3. The Kier molecular flexibility index (Phi) is 5.85. The van der Waals surface area contributed by atoms with Crippen LogP contribution in [0, 0.1) is 6.92 Å². The predicted octanol–water partition coefficient (Wildman–Crippen LogP) is 0.901. The summed E-state index contributed by atoms with van der Waals surface area (Å²) in [6.07, 6.45) is 5.79. The van der Waals surface area contributed by atoms with E-state index in [1.54, 1.807) is 23.1 Å². The normalized spacial score (nSPS) is 14.4. The number of aryl methyl sites for hydroxylation is 3. The van der Waals surface area contributed by atoms with Crippen molar-refractivity contribution in [2.75, 3.05) is 13.6 Å². The van der Waals surface area contributed by atoms with Crippen molar-refractivity contribution in [3.8, 4) is 0 Å². The van der Waals surface area contributed by atoms with Crippen molar-refractivity contribution in [3.05, 3.63) is 32.4 Å². The summed E-state index contributed by atoms with van der Waals surface area (Å²) in [5.74, 6) is 1.67. The molecule has 3 heterocycles. The molecule has 2 N–H and O–H groups in total. The molecule has 0 unspecified atom stereocenters. The van der Waals surface area contributed by atoms with Crippen molar-refractivity contribution in [1.29, 1.82) is 0 Å². The number of fused-ring (bicyclic) bond motifs is 1. The zero-order chi connectivity index (χ0) is 17.6. The van der Waals surface area contributed by atoms with Gasteiger partial charge < -0.3 is 10.6 Å². The molecular formula is C16H25N7OS. The van der Waals surface area contributed by atoms with E-state index in [-0.39, 0.29) is 5.69 Å². The van der Waals surface area contributed by atoms with Crippen LogP contribution in [0.1, 0.15) is 35.0 Å². The van der Waals surface area contributed by atoms with Crippen molar-refractivity contribution in [3.63, 3.8) is 0 Å². The van der Waals surface area contributed by atoms with Crippen molar-refractivity contribution >= 4 is 17.3 Å². The monoisotopic (exact) mass is 363 g/mol. The van der Waals surface area contributed by atoms with E-state index >= 15 is 0 Å². The Labute approximate surface area is 151 Å². The van der Waals surface area contributed by atoms with E-state index < -0.39 is 0 Å². The van der Waals surface area contributed by atoms with Gasteiger partial charge in [-0.15, -0.1) is 11.3 Å². The Balaban J connectivity index is 1.43. The highest BCUT2D eigenvalue weighted by molar-refractivity contribution is 7.11. The van der Waals surface area contributed by atoms with Crippen molar-refractivity contribution in [1.82, 2.24) is 30.0 Å². The highest BCUT2D eigenvalue weighted by Gasteiger charge is 2.16. The van der Waals surface area contributed by atoms with Crippen LogP contribution in [0.4, 0.5) is 0 Å². The largest absolute Gasteiger partial charge is 0.356 e. The summed E-state index contributed by atoms with van der Waals surface area (Å²) in [5.41, 5.74) is 0.0244. The molecular weight excluding hydrogens is 338 g/mol. The zero-order valence-corrected chi connectivity index (χ0v) is 15.6. The average Bonchev–Trinajstić information content (AvgIpc) is 3.18. The van der Waals surface area contributed by atoms with Gasteiger partial charge in [-0.05, 0) is 26.2 Å². The Morgan fingerprint density at radius 3 is 3.00 bits per heavy atom. The molecule has 1 aliphatic heterocycles. The summed E-state index contributed by atoms with van der Waals surface area (Å²) >= 11 is 1.68. The van der Waals surface area contributed by atoms with Gasteiger partial charge in [0.05, 0.1) is 6.54 Å². The summed E-state index contributed by atoms with van der Waals surface area (Å²) < 4.78 is 3.41. The molecule has 136 valence electrons. The number of hydrogen-bond acceptors (Lipinski definition) is 5. The number of aromatic nitrogens is 4. The van der Waals surface area contributed by atoms with E-state index in [0.717, 1.165) is 55.6 Å². The predicted molar refractivity (Wildman–Crippen MR) is 99.1 cm³/mol. The van der Waals surface area contributed by atoms with Gasteiger partial charge in [0.15, 0.2) is 5.96 Å². The summed E-state index contributed by atoms with van der Waals surface area (Å²) in [7, 11) is 1.75. The molecule has 2 aromatic rings. The molecule has 0 fully saturated rings. The summed E-state index contributed by atoms with van der Waals surface area (Å²) in [4.78, 5) is 22.0. The Bertz CT molecular complexity index is 789. The van der Waals surface area contributed by atoms with Gasteiger partial charge >= 0.3 is 5.69 Å². The number of hydrogen-bond donors (Lipinski definition) is 2. The molecule has 0 spiro atoms. The minimum atomic E-state index is 0.0244. The molecule has 0 aromatic carbocycles. The molecule has 9 heteroatoms. The number of aliphatic imine (C=N–C) groups is 1. The summed E-state index contributed by atoms with van der Waals surface area (Å²) in [5, 5.41) is 12.0. The minimum absolute atomic E-state index is 0.0244. The molecule has 0 saturated carbocycles. The van der Waals surface area contributed by atoms with Crippen LogP contribution in [0.15, 0.2) is 16.0 Å². The lowest BCUT2D eigenvalue weighted by atomic mass is 10.2. The van der Waals surface area contributed by atoms with Crippen LogP contribution in [0.5, 0.6) is 0 Å². The van der Waals surface area contributed by atoms with Gasteiger partial charge in [0, 0.05) is 44.2 Å². The fourth-order valence-corrected chi connectivity index (χ4v) is 3.62. The lowest BCUT2D eigenvalue weighted by Crippen LogP contribution is -2.37. The minimum Gasteiger partial charge on any atom is -0.356 e. The Morgan fingerprint density at radius 1 is 1.40 bits per heavy atom. The van der Waals surface area contributed by atoms with E-state index in [9.17, 15) is 4.79 Å². The van der Waals surface area contributed by atoms with Gasteiger partial charge in [-0.2, -0.15) is 5.10 Å². The summed E-state index contributed by atoms with van der Waals surface area (Å²) in [6, 6.07) is 0. The quantitative estimate of drug-likeness (QED) is 0.452. The second-order valence-electron chi connectivity index (χ2n) is 6.10. The number of rotatable bonds is 6. The lowest BCUT2D eigenvalue weighted by molar-refractivity contribution is 0.509. The number of thiazole rings is 1. The van der Waals surface area contributed by atoms with Crippen molar-refractivity contribution < 1.29 is 0 Å². The highest BCUT2D eigenvalue weighted by Crippen LogP contribution is 2.10. The van der Waals surface area contributed by atoms with Crippen LogP contribution >= 0.6 is 11.3 Å². The Morgan fingerprint density at radius 2 is 2.28 bits per heavy atom. The third kappa shape index (κ3) is 4.47. The molecule has 0 bridgehead atoms. The fourth-order valence-electron chi connectivity index (χ4n) is 2.89. The van der Waals surface area contributed by atoms with E-state index in [1.807, 2.05) is 17.7 Å². The zero-order valence-electron chi connectivity index (χ0n) is 14.8. The molecule has 0 radical (unpaired) electrons. The first-order chi connectivity index (χ1) is 12.2. The first-order valence-corrected chi connectivity index (χ1v) is 9.51. The average molecular weight is 363 g/mol. The molecule has 2 aromatic heterocycles. The maximum absolute atomic E-state index is 12.3. The van der Waals surface area contributed by atoms with E-state index in [0.29, 0.717) is 13.1 Å². The van der Waals surface area contributed by atoms with Crippen LogP contribution in [0.2, 0.25) is 0 Å². The van der Waals surface area contributed by atoms with E-state index in [2.05, 4.69) is 25.7 Å². The van der Waals surface area contributed by atoms with Gasteiger partial charge in [0.25, 0.3) is 0 Å². The van der Waals surface area contributed by atoms with Crippen LogP contribution in [-0.2, 0) is 26.1 Å². The lowest BCUT2D eigenvalue weighted by Gasteiger charge is -2.10. The number of guanidine groups is 1. The third-order valence-electron chi connectivity index (χ3n) is 4.17. The topological polar surface area (TPSA) is 89.1 Å². The first kappa shape index (κ1) is 17.7. The molecule has 8 nitrogen and oxygen atoms in total. The van der Waals surface area contributed by atoms with Crippen molar-refractivity contribution in [2.45, 2.75) is 52.2 Å². The van der Waals surface area contributed by atoms with Gasteiger partial charge in [0.1, 0.15) is 10.8 Å². The molecule has 0 saturated heterocycles. The fraction of sp³-hybridized carbons (Fsp3) is 0.625. The molecule has 3 rings (SSSR count). The summed E-state index contributed by atoms with van der Waals surface area (Å²) in [6.45, 7) is 4.86. The van der Waals surface area contributed by atoms with E-state index in [4.69, 9.17) is 0 Å². The van der Waals surface area contributed by atoms with Gasteiger partial charge in [0.2, 0.25) is 0 Å². The number of nitrogens with zero attached hydrogens (tertiary/aromatic N) is 5. The van der Waals surface area contributed by atoms with Gasteiger partial charge in [-0.25, -0.2) is 14.5 Å². The molecule has 25 heavy (non-hydrogen) atoms. The first-order valence-electron chi connectivity index (χ1n) is 8.69.